The van der Waals surface area contributed by atoms with Gasteiger partial charge in [0.05, 0.1) is 17.4 Å². The van der Waals surface area contributed by atoms with Crippen molar-refractivity contribution in [2.45, 2.75) is 31.2 Å². The molecule has 0 unspecified atom stereocenters. The summed E-state index contributed by atoms with van der Waals surface area (Å²) in [7, 11) is -2.14. The molecule has 0 N–H and O–H groups in total. The molecule has 116 valence electrons. The smallest absolute Gasteiger partial charge is 0.243 e. The average molecular weight is 319 g/mol. The molecule has 0 aliphatic heterocycles. The molecule has 0 saturated heterocycles. The van der Waals surface area contributed by atoms with Crippen LogP contribution in [-0.4, -0.2) is 30.8 Å². The van der Waals surface area contributed by atoms with Gasteiger partial charge in [-0.3, -0.25) is 0 Å². The molecule has 1 aromatic heterocycles. The summed E-state index contributed by atoms with van der Waals surface area (Å²) >= 11 is 0. The quantitative estimate of drug-likeness (QED) is 0.845. The zero-order valence-corrected chi connectivity index (χ0v) is 13.5. The summed E-state index contributed by atoms with van der Waals surface area (Å²) in [5.41, 5.74) is 1.44. The number of nitrogens with zero attached hydrogens (tertiary/aromatic N) is 3. The monoisotopic (exact) mass is 319 g/mol. The summed E-state index contributed by atoms with van der Waals surface area (Å²) in [4.78, 5) is 4.38. The van der Waals surface area contributed by atoms with E-state index >= 15 is 0 Å². The molecule has 0 aliphatic rings. The van der Waals surface area contributed by atoms with Crippen LogP contribution >= 0.6 is 0 Å². The van der Waals surface area contributed by atoms with Gasteiger partial charge in [-0.25, -0.2) is 13.4 Å². The number of hydrogen-bond acceptors (Lipinski definition) is 5. The van der Waals surface area contributed by atoms with Crippen LogP contribution in [0.4, 0.5) is 0 Å². The van der Waals surface area contributed by atoms with Crippen LogP contribution in [-0.2, 0) is 10.0 Å². The highest BCUT2D eigenvalue weighted by molar-refractivity contribution is 7.89. The van der Waals surface area contributed by atoms with Gasteiger partial charge in [-0.05, 0) is 19.1 Å². The predicted molar refractivity (Wildman–Crippen MR) is 81.3 cm³/mol. The van der Waals surface area contributed by atoms with Gasteiger partial charge in [0.2, 0.25) is 10.0 Å². The van der Waals surface area contributed by atoms with E-state index in [-0.39, 0.29) is 17.4 Å². The molecule has 0 bridgehead atoms. The number of rotatable bonds is 5. The third-order valence-electron chi connectivity index (χ3n) is 3.45. The lowest BCUT2D eigenvalue weighted by Gasteiger charge is -2.22. The molecule has 0 saturated carbocycles. The number of aromatic nitrogens is 1. The number of benzene rings is 1. The highest BCUT2D eigenvalue weighted by atomic mass is 32.2. The van der Waals surface area contributed by atoms with E-state index < -0.39 is 10.0 Å². The summed E-state index contributed by atoms with van der Waals surface area (Å²) in [5, 5.41) is 8.70. The first-order chi connectivity index (χ1) is 10.4. The van der Waals surface area contributed by atoms with E-state index in [0.29, 0.717) is 11.6 Å². The Morgan fingerprint density at radius 3 is 2.50 bits per heavy atom. The normalized spacial score (nSPS) is 13.0. The van der Waals surface area contributed by atoms with Crippen molar-refractivity contribution >= 4 is 10.0 Å². The van der Waals surface area contributed by atoms with Crippen molar-refractivity contribution in [2.75, 3.05) is 7.05 Å². The number of hydrogen-bond donors (Lipinski definition) is 0. The highest BCUT2D eigenvalue weighted by Crippen LogP contribution is 2.23. The summed E-state index contributed by atoms with van der Waals surface area (Å²) in [6.07, 6.45) is 1.67. The zero-order valence-electron chi connectivity index (χ0n) is 12.6. The van der Waals surface area contributed by atoms with Crippen molar-refractivity contribution in [1.82, 2.24) is 9.29 Å². The summed E-state index contributed by atoms with van der Waals surface area (Å²) < 4.78 is 31.3. The van der Waals surface area contributed by atoms with Gasteiger partial charge < -0.3 is 4.42 Å². The Morgan fingerprint density at radius 1 is 1.36 bits per heavy atom. The third-order valence-corrected chi connectivity index (χ3v) is 5.44. The van der Waals surface area contributed by atoms with Gasteiger partial charge in [0.15, 0.2) is 5.89 Å². The predicted octanol–water partition coefficient (Wildman–Crippen LogP) is 2.57. The third kappa shape index (κ3) is 3.18. The lowest BCUT2D eigenvalue weighted by Crippen LogP contribution is -2.34. The van der Waals surface area contributed by atoms with Gasteiger partial charge in [-0.2, -0.15) is 9.57 Å². The number of aryl methyl sites for hydroxylation is 1. The minimum Gasteiger partial charge on any atom is -0.449 e. The van der Waals surface area contributed by atoms with E-state index in [1.54, 1.807) is 26.0 Å². The second-order valence-corrected chi connectivity index (χ2v) is 7.01. The van der Waals surface area contributed by atoms with Crippen molar-refractivity contribution in [1.29, 1.82) is 5.26 Å². The first kappa shape index (κ1) is 16.2. The van der Waals surface area contributed by atoms with Crippen LogP contribution in [0.2, 0.25) is 0 Å². The fraction of sp³-hybridized carbons (Fsp3) is 0.333. The second kappa shape index (κ2) is 6.30. The number of sulfonamides is 1. The minimum absolute atomic E-state index is 0.145. The SMILES string of the molecule is Cc1nc(-c2ccc(S(=O)(=O)N(C)[C@@H](C)CC#N)cc2)co1. The summed E-state index contributed by atoms with van der Waals surface area (Å²) in [6, 6.07) is 8.04. The van der Waals surface area contributed by atoms with Crippen molar-refractivity contribution < 1.29 is 12.8 Å². The Morgan fingerprint density at radius 2 is 2.00 bits per heavy atom. The van der Waals surface area contributed by atoms with Crippen LogP contribution in [0.1, 0.15) is 19.2 Å². The maximum absolute atomic E-state index is 12.5. The van der Waals surface area contributed by atoms with Gasteiger partial charge in [0, 0.05) is 25.6 Å². The van der Waals surface area contributed by atoms with E-state index in [0.717, 1.165) is 5.56 Å². The topological polar surface area (TPSA) is 87.2 Å². The summed E-state index contributed by atoms with van der Waals surface area (Å²) in [6.45, 7) is 3.45. The average Bonchev–Trinajstić information content (AvgIpc) is 2.93. The first-order valence-corrected chi connectivity index (χ1v) is 8.18. The first-order valence-electron chi connectivity index (χ1n) is 6.74. The molecule has 0 fully saturated rings. The fourth-order valence-corrected chi connectivity index (χ4v) is 3.32. The molecule has 0 amide bonds. The van der Waals surface area contributed by atoms with Crippen molar-refractivity contribution in [3.8, 4) is 17.3 Å². The molecule has 7 heteroatoms. The van der Waals surface area contributed by atoms with E-state index in [1.165, 1.54) is 29.7 Å². The van der Waals surface area contributed by atoms with Crippen LogP contribution in [0.3, 0.4) is 0 Å². The molecular weight excluding hydrogens is 302 g/mol. The molecule has 1 atom stereocenters. The molecule has 1 aromatic carbocycles. The Labute approximate surface area is 130 Å². The zero-order chi connectivity index (χ0) is 16.3. The van der Waals surface area contributed by atoms with Crippen LogP contribution < -0.4 is 0 Å². The minimum atomic E-state index is -3.62. The molecule has 0 spiro atoms. The van der Waals surface area contributed by atoms with E-state index in [4.69, 9.17) is 9.68 Å². The Kier molecular flexibility index (Phi) is 4.64. The molecule has 1 heterocycles. The summed E-state index contributed by atoms with van der Waals surface area (Å²) in [5.74, 6) is 0.553. The van der Waals surface area contributed by atoms with E-state index in [2.05, 4.69) is 4.98 Å². The highest BCUT2D eigenvalue weighted by Gasteiger charge is 2.25. The largest absolute Gasteiger partial charge is 0.449 e. The van der Waals surface area contributed by atoms with Crippen LogP contribution in [0, 0.1) is 18.3 Å². The van der Waals surface area contributed by atoms with E-state index in [1.807, 2.05) is 6.07 Å². The molecule has 0 aliphatic carbocycles. The fourth-order valence-electron chi connectivity index (χ4n) is 1.96. The van der Waals surface area contributed by atoms with Gasteiger partial charge in [-0.15, -0.1) is 0 Å². The van der Waals surface area contributed by atoms with Crippen LogP contribution in [0.25, 0.3) is 11.3 Å². The standard InChI is InChI=1S/C15H17N3O3S/c1-11(8-9-16)18(3)22(19,20)14-6-4-13(5-7-14)15-10-21-12(2)17-15/h4-7,10-11H,8H2,1-3H3/t11-/m0/s1. The van der Waals surface area contributed by atoms with Crippen molar-refractivity contribution in [3.63, 3.8) is 0 Å². The lowest BCUT2D eigenvalue weighted by atomic mass is 10.2. The van der Waals surface area contributed by atoms with Gasteiger partial charge in [0.25, 0.3) is 0 Å². The number of oxazole rings is 1. The van der Waals surface area contributed by atoms with E-state index in [9.17, 15) is 8.42 Å². The Hall–Kier alpha value is -2.17. The second-order valence-electron chi connectivity index (χ2n) is 5.01. The molecule has 6 nitrogen and oxygen atoms in total. The van der Waals surface area contributed by atoms with Crippen LogP contribution in [0.5, 0.6) is 0 Å². The molecule has 2 aromatic rings. The molecular formula is C15H17N3O3S. The van der Waals surface area contributed by atoms with Crippen molar-refractivity contribution in [3.05, 3.63) is 36.4 Å². The molecule has 22 heavy (non-hydrogen) atoms. The Bertz CT molecular complexity index is 788. The van der Waals surface area contributed by atoms with Gasteiger partial charge in [0.1, 0.15) is 12.0 Å². The molecule has 0 radical (unpaired) electrons. The van der Waals surface area contributed by atoms with Gasteiger partial charge >= 0.3 is 0 Å². The Balaban J connectivity index is 2.28. The van der Waals surface area contributed by atoms with Crippen LogP contribution in [0.15, 0.2) is 39.8 Å². The maximum atomic E-state index is 12.5. The number of nitriles is 1. The van der Waals surface area contributed by atoms with Crippen molar-refractivity contribution in [2.24, 2.45) is 0 Å². The van der Waals surface area contributed by atoms with Gasteiger partial charge in [-0.1, -0.05) is 12.1 Å². The lowest BCUT2D eigenvalue weighted by molar-refractivity contribution is 0.393. The maximum Gasteiger partial charge on any atom is 0.243 e. The molecule has 2 rings (SSSR count).